The number of hydrogen-bond donors (Lipinski definition) is 0. The van der Waals surface area contributed by atoms with Gasteiger partial charge in [-0.15, -0.1) is 0 Å². The lowest BCUT2D eigenvalue weighted by atomic mass is 9.84. The Bertz CT molecular complexity index is 224. The summed E-state index contributed by atoms with van der Waals surface area (Å²) in [6, 6.07) is 11.0. The van der Waals surface area contributed by atoms with Crippen LogP contribution in [0.15, 0.2) is 30.3 Å². The smallest absolute Gasteiger partial charge is 0 e. The molecule has 12 heavy (non-hydrogen) atoms. The lowest BCUT2D eigenvalue weighted by molar-refractivity contribution is 0.443. The second-order valence-corrected chi connectivity index (χ2v) is 3.75. The van der Waals surface area contributed by atoms with Gasteiger partial charge in [0.25, 0.3) is 0 Å². The van der Waals surface area contributed by atoms with Crippen LogP contribution < -0.4 is 0 Å². The molecule has 0 unspecified atom stereocenters. The molecule has 1 saturated carbocycles. The molecule has 1 fully saturated rings. The fourth-order valence-corrected chi connectivity index (χ4v) is 2.16. The molecule has 2 rings (SSSR count). The van der Waals surface area contributed by atoms with Gasteiger partial charge in [-0.2, -0.15) is 0 Å². The van der Waals surface area contributed by atoms with Crippen LogP contribution in [0, 0.1) is 0 Å². The molecule has 0 N–H and O–H groups in total. The molecular weight excluding hydrogens is 144 g/mol. The molecule has 0 nitrogen and oxygen atoms in total. The van der Waals surface area contributed by atoms with Crippen molar-refractivity contribution in [3.8, 4) is 0 Å². The fourth-order valence-electron chi connectivity index (χ4n) is 2.16. The summed E-state index contributed by atoms with van der Waals surface area (Å²) < 4.78 is 0. The Labute approximate surface area is 76.1 Å². The number of rotatable bonds is 1. The SMILES string of the molecule is [HH].c1ccc(C2CCCCC2)cc1. The third kappa shape index (κ3) is 1.69. The zero-order valence-electron chi connectivity index (χ0n) is 7.50. The second-order valence-electron chi connectivity index (χ2n) is 3.75. The van der Waals surface area contributed by atoms with Crippen molar-refractivity contribution < 1.29 is 1.43 Å². The van der Waals surface area contributed by atoms with Crippen LogP contribution in [0.1, 0.15) is 45.0 Å². The van der Waals surface area contributed by atoms with Crippen LogP contribution >= 0.6 is 0 Å². The standard InChI is InChI=1S/C12H16.H2/c1-3-7-11(8-4-1)12-9-5-2-6-10-12;/h1,3-4,7-8,12H,2,5-6,9-10H2;1H. The van der Waals surface area contributed by atoms with E-state index < -0.39 is 0 Å². The molecule has 0 spiro atoms. The molecule has 0 amide bonds. The topological polar surface area (TPSA) is 0 Å². The molecule has 0 bridgehead atoms. The van der Waals surface area contributed by atoms with Crippen molar-refractivity contribution in [3.05, 3.63) is 35.9 Å². The molecule has 0 saturated heterocycles. The highest BCUT2D eigenvalue weighted by Crippen LogP contribution is 2.31. The van der Waals surface area contributed by atoms with Gasteiger partial charge in [-0.3, -0.25) is 0 Å². The van der Waals surface area contributed by atoms with Crippen LogP contribution in [0.4, 0.5) is 0 Å². The zero-order valence-corrected chi connectivity index (χ0v) is 7.50. The van der Waals surface area contributed by atoms with E-state index in [0.29, 0.717) is 0 Å². The molecule has 1 aromatic rings. The number of benzene rings is 1. The van der Waals surface area contributed by atoms with Crippen molar-refractivity contribution in [2.24, 2.45) is 0 Å². The van der Waals surface area contributed by atoms with Gasteiger partial charge in [0, 0.05) is 1.43 Å². The zero-order chi connectivity index (χ0) is 8.23. The van der Waals surface area contributed by atoms with E-state index in [1.165, 1.54) is 32.1 Å². The Kier molecular flexibility index (Phi) is 2.45. The van der Waals surface area contributed by atoms with Gasteiger partial charge in [0.1, 0.15) is 0 Å². The quantitative estimate of drug-likeness (QED) is 0.586. The van der Waals surface area contributed by atoms with E-state index in [2.05, 4.69) is 30.3 Å². The fraction of sp³-hybridized carbons (Fsp3) is 0.500. The first-order chi connectivity index (χ1) is 5.97. The predicted molar refractivity (Wildman–Crippen MR) is 54.4 cm³/mol. The highest BCUT2D eigenvalue weighted by molar-refractivity contribution is 5.19. The van der Waals surface area contributed by atoms with Gasteiger partial charge in [0.15, 0.2) is 0 Å². The van der Waals surface area contributed by atoms with Crippen LogP contribution in [0.2, 0.25) is 0 Å². The Hall–Kier alpha value is -0.780. The molecule has 1 aliphatic rings. The van der Waals surface area contributed by atoms with Crippen molar-refractivity contribution in [2.45, 2.75) is 38.0 Å². The first kappa shape index (κ1) is 7.85. The maximum atomic E-state index is 2.27. The highest BCUT2D eigenvalue weighted by atomic mass is 14.2. The molecule has 0 heteroatoms. The van der Waals surface area contributed by atoms with Crippen molar-refractivity contribution in [1.29, 1.82) is 0 Å². The van der Waals surface area contributed by atoms with Crippen molar-refractivity contribution in [3.63, 3.8) is 0 Å². The summed E-state index contributed by atoms with van der Waals surface area (Å²) in [7, 11) is 0. The maximum absolute atomic E-state index is 2.27. The van der Waals surface area contributed by atoms with E-state index in [9.17, 15) is 0 Å². The monoisotopic (exact) mass is 162 g/mol. The molecule has 0 aromatic heterocycles. The third-order valence-electron chi connectivity index (χ3n) is 2.88. The lowest BCUT2D eigenvalue weighted by Crippen LogP contribution is -2.03. The van der Waals surface area contributed by atoms with Gasteiger partial charge in [0.2, 0.25) is 0 Å². The molecule has 0 aliphatic heterocycles. The summed E-state index contributed by atoms with van der Waals surface area (Å²) in [4.78, 5) is 0. The lowest BCUT2D eigenvalue weighted by Gasteiger charge is -2.21. The summed E-state index contributed by atoms with van der Waals surface area (Å²) >= 11 is 0. The first-order valence-electron chi connectivity index (χ1n) is 5.02. The molecule has 66 valence electrons. The molecule has 0 atom stereocenters. The Balaban J connectivity index is 0.000000845. The maximum Gasteiger partial charge on any atom is 0 e. The summed E-state index contributed by atoms with van der Waals surface area (Å²) in [5, 5.41) is 0. The van der Waals surface area contributed by atoms with Crippen LogP contribution in [0.5, 0.6) is 0 Å². The molecule has 1 aliphatic carbocycles. The van der Waals surface area contributed by atoms with Gasteiger partial charge in [-0.25, -0.2) is 0 Å². The van der Waals surface area contributed by atoms with Crippen LogP contribution in [-0.2, 0) is 0 Å². The normalized spacial score (nSPS) is 19.3. The van der Waals surface area contributed by atoms with Gasteiger partial charge in [-0.05, 0) is 24.3 Å². The van der Waals surface area contributed by atoms with Gasteiger partial charge in [0.05, 0.1) is 0 Å². The molecule has 0 radical (unpaired) electrons. The van der Waals surface area contributed by atoms with E-state index in [4.69, 9.17) is 0 Å². The van der Waals surface area contributed by atoms with Crippen LogP contribution in [0.25, 0.3) is 0 Å². The van der Waals surface area contributed by atoms with Crippen LogP contribution in [-0.4, -0.2) is 0 Å². The molecular formula is C12H18. The summed E-state index contributed by atoms with van der Waals surface area (Å²) in [6.45, 7) is 0. The minimum Gasteiger partial charge on any atom is -0.0622 e. The minimum absolute atomic E-state index is 0. The average molecular weight is 162 g/mol. The predicted octanol–water partition coefficient (Wildman–Crippen LogP) is 3.98. The summed E-state index contributed by atoms with van der Waals surface area (Å²) in [5.41, 5.74) is 1.55. The summed E-state index contributed by atoms with van der Waals surface area (Å²) in [6.07, 6.45) is 7.12. The third-order valence-corrected chi connectivity index (χ3v) is 2.88. The Morgan fingerprint density at radius 3 is 2.25 bits per heavy atom. The van der Waals surface area contributed by atoms with E-state index in [1.807, 2.05) is 0 Å². The van der Waals surface area contributed by atoms with E-state index in [-0.39, 0.29) is 1.43 Å². The van der Waals surface area contributed by atoms with E-state index in [0.717, 1.165) is 5.92 Å². The molecule has 0 heterocycles. The summed E-state index contributed by atoms with van der Waals surface area (Å²) in [5.74, 6) is 0.861. The Morgan fingerprint density at radius 2 is 1.58 bits per heavy atom. The van der Waals surface area contributed by atoms with Crippen molar-refractivity contribution in [2.75, 3.05) is 0 Å². The minimum atomic E-state index is 0. The van der Waals surface area contributed by atoms with E-state index in [1.54, 1.807) is 5.56 Å². The van der Waals surface area contributed by atoms with Crippen molar-refractivity contribution >= 4 is 0 Å². The van der Waals surface area contributed by atoms with Gasteiger partial charge >= 0.3 is 0 Å². The average Bonchev–Trinajstić information content (AvgIpc) is 2.21. The van der Waals surface area contributed by atoms with Crippen LogP contribution in [0.3, 0.4) is 0 Å². The molecule has 1 aromatic carbocycles. The van der Waals surface area contributed by atoms with Gasteiger partial charge in [-0.1, -0.05) is 49.6 Å². The largest absolute Gasteiger partial charge is 0.0622 e. The Morgan fingerprint density at radius 1 is 0.917 bits per heavy atom. The van der Waals surface area contributed by atoms with E-state index >= 15 is 0 Å². The van der Waals surface area contributed by atoms with Gasteiger partial charge < -0.3 is 0 Å². The highest BCUT2D eigenvalue weighted by Gasteiger charge is 2.14. The second kappa shape index (κ2) is 3.75. The van der Waals surface area contributed by atoms with Crippen molar-refractivity contribution in [1.82, 2.24) is 0 Å². The first-order valence-corrected chi connectivity index (χ1v) is 5.02. The number of hydrogen-bond acceptors (Lipinski definition) is 0.